The molecule has 2 rings (SSSR count). The molecular formula is C11H17N5O4. The second kappa shape index (κ2) is 6.33. The van der Waals surface area contributed by atoms with Gasteiger partial charge in [-0.15, -0.1) is 5.10 Å². The molecule has 1 aliphatic heterocycles. The van der Waals surface area contributed by atoms with Crippen molar-refractivity contribution in [1.82, 2.24) is 25.2 Å². The van der Waals surface area contributed by atoms with Crippen LogP contribution in [0.2, 0.25) is 0 Å². The molecule has 0 bridgehead atoms. The highest BCUT2D eigenvalue weighted by molar-refractivity contribution is 5.74. The van der Waals surface area contributed by atoms with Gasteiger partial charge in [-0.25, -0.2) is 9.48 Å². The third kappa shape index (κ3) is 3.92. The van der Waals surface area contributed by atoms with E-state index in [9.17, 15) is 14.7 Å². The largest absolute Gasteiger partial charge is 0.480 e. The fraction of sp³-hybridized carbons (Fsp3) is 0.636. The van der Waals surface area contributed by atoms with E-state index in [1.54, 1.807) is 4.90 Å². The Morgan fingerprint density at radius 2 is 2.10 bits per heavy atom. The summed E-state index contributed by atoms with van der Waals surface area (Å²) < 4.78 is 1.20. The number of urea groups is 1. The molecule has 1 aliphatic rings. The second-order valence-corrected chi connectivity index (χ2v) is 4.68. The van der Waals surface area contributed by atoms with E-state index in [1.165, 1.54) is 10.9 Å². The van der Waals surface area contributed by atoms with E-state index in [4.69, 9.17) is 5.11 Å². The number of hydrogen-bond donors (Lipinski definition) is 3. The van der Waals surface area contributed by atoms with Gasteiger partial charge in [-0.05, 0) is 12.8 Å². The van der Waals surface area contributed by atoms with Gasteiger partial charge in [0, 0.05) is 13.1 Å². The minimum atomic E-state index is -1.00. The predicted octanol–water partition coefficient (Wildman–Crippen LogP) is -0.971. The summed E-state index contributed by atoms with van der Waals surface area (Å²) in [5, 5.41) is 28.1. The van der Waals surface area contributed by atoms with Crippen molar-refractivity contribution in [3.05, 3.63) is 11.9 Å². The van der Waals surface area contributed by atoms with Gasteiger partial charge in [-0.2, -0.15) is 0 Å². The van der Waals surface area contributed by atoms with Gasteiger partial charge in [0.25, 0.3) is 0 Å². The van der Waals surface area contributed by atoms with Crippen molar-refractivity contribution in [3.8, 4) is 0 Å². The molecule has 9 heteroatoms. The quantitative estimate of drug-likeness (QED) is 0.653. The number of aliphatic carboxylic acids is 1. The number of nitrogens with one attached hydrogen (secondary N) is 1. The summed E-state index contributed by atoms with van der Waals surface area (Å²) in [5.41, 5.74) is 0.497. The molecule has 2 heterocycles. The molecule has 110 valence electrons. The number of carboxylic acid groups (broad SMARTS) is 1. The van der Waals surface area contributed by atoms with Crippen molar-refractivity contribution in [2.75, 3.05) is 13.1 Å². The number of amides is 2. The minimum Gasteiger partial charge on any atom is -0.480 e. The lowest BCUT2D eigenvalue weighted by Gasteiger charge is -2.29. The van der Waals surface area contributed by atoms with Crippen LogP contribution in [-0.4, -0.2) is 61.3 Å². The van der Waals surface area contributed by atoms with Crippen LogP contribution in [0, 0.1) is 0 Å². The molecule has 0 aromatic carbocycles. The normalized spacial score (nSPS) is 16.1. The van der Waals surface area contributed by atoms with Crippen LogP contribution < -0.4 is 5.32 Å². The number of aliphatic hydroxyl groups excluding tert-OH is 1. The number of rotatable bonds is 4. The number of likely N-dealkylation sites (tertiary alicyclic amines) is 1. The zero-order chi connectivity index (χ0) is 14.5. The van der Waals surface area contributed by atoms with Crippen molar-refractivity contribution in [1.29, 1.82) is 0 Å². The SMILES string of the molecule is O=C(O)Cn1cc(CNC(=O)N2CCC(O)CC2)nn1. The first-order valence-corrected chi connectivity index (χ1v) is 6.36. The average molecular weight is 283 g/mol. The van der Waals surface area contributed by atoms with Crippen molar-refractivity contribution in [3.63, 3.8) is 0 Å². The third-order valence-electron chi connectivity index (χ3n) is 3.06. The molecule has 9 nitrogen and oxygen atoms in total. The molecule has 20 heavy (non-hydrogen) atoms. The molecule has 1 fully saturated rings. The third-order valence-corrected chi connectivity index (χ3v) is 3.06. The Kier molecular flexibility index (Phi) is 4.51. The van der Waals surface area contributed by atoms with Crippen LogP contribution in [0.4, 0.5) is 4.79 Å². The van der Waals surface area contributed by atoms with Gasteiger partial charge >= 0.3 is 12.0 Å². The number of aliphatic hydroxyl groups is 1. The molecular weight excluding hydrogens is 266 g/mol. The lowest BCUT2D eigenvalue weighted by molar-refractivity contribution is -0.137. The molecule has 0 atom stereocenters. The van der Waals surface area contributed by atoms with E-state index in [1.807, 2.05) is 0 Å². The summed E-state index contributed by atoms with van der Waals surface area (Å²) >= 11 is 0. The molecule has 0 unspecified atom stereocenters. The zero-order valence-electron chi connectivity index (χ0n) is 10.9. The van der Waals surface area contributed by atoms with Gasteiger partial charge in [-0.1, -0.05) is 5.21 Å². The van der Waals surface area contributed by atoms with Gasteiger partial charge in [0.1, 0.15) is 12.2 Å². The molecule has 1 aromatic rings. The first-order valence-electron chi connectivity index (χ1n) is 6.36. The number of piperidine rings is 1. The van der Waals surface area contributed by atoms with Crippen LogP contribution in [0.1, 0.15) is 18.5 Å². The summed E-state index contributed by atoms with van der Waals surface area (Å²) in [5.74, 6) is -1.00. The van der Waals surface area contributed by atoms with Crippen LogP contribution in [0.15, 0.2) is 6.20 Å². The topological polar surface area (TPSA) is 121 Å². The molecule has 3 N–H and O–H groups in total. The Morgan fingerprint density at radius 3 is 2.75 bits per heavy atom. The summed E-state index contributed by atoms with van der Waals surface area (Å²) in [6.45, 7) is 0.986. The molecule has 1 aromatic heterocycles. The molecule has 0 spiro atoms. The monoisotopic (exact) mass is 283 g/mol. The predicted molar refractivity (Wildman–Crippen MR) is 66.7 cm³/mol. The van der Waals surface area contributed by atoms with E-state index in [2.05, 4.69) is 15.6 Å². The fourth-order valence-corrected chi connectivity index (χ4v) is 1.98. The van der Waals surface area contributed by atoms with Crippen molar-refractivity contribution in [2.45, 2.75) is 32.0 Å². The van der Waals surface area contributed by atoms with Crippen LogP contribution in [0.3, 0.4) is 0 Å². The van der Waals surface area contributed by atoms with Gasteiger partial charge in [0.05, 0.1) is 18.8 Å². The first-order chi connectivity index (χ1) is 9.54. The number of carbonyl (C=O) groups is 2. The molecule has 0 radical (unpaired) electrons. The average Bonchev–Trinajstić information content (AvgIpc) is 2.83. The fourth-order valence-electron chi connectivity index (χ4n) is 1.98. The van der Waals surface area contributed by atoms with E-state index in [-0.39, 0.29) is 25.2 Å². The van der Waals surface area contributed by atoms with E-state index < -0.39 is 5.97 Å². The Hall–Kier alpha value is -2.16. The highest BCUT2D eigenvalue weighted by atomic mass is 16.4. The molecule has 1 saturated heterocycles. The standard InChI is InChI=1S/C11H17N5O4/c17-9-1-3-15(4-2-9)11(20)12-5-8-6-16(14-13-8)7-10(18)19/h6,9,17H,1-5,7H2,(H,12,20)(H,18,19). The minimum absolute atomic E-state index is 0.192. The maximum absolute atomic E-state index is 11.8. The highest BCUT2D eigenvalue weighted by Crippen LogP contribution is 2.09. The van der Waals surface area contributed by atoms with E-state index >= 15 is 0 Å². The van der Waals surface area contributed by atoms with Crippen LogP contribution in [0.5, 0.6) is 0 Å². The van der Waals surface area contributed by atoms with E-state index in [0.717, 1.165) is 0 Å². The van der Waals surface area contributed by atoms with Crippen molar-refractivity contribution < 1.29 is 19.8 Å². The van der Waals surface area contributed by atoms with Crippen LogP contribution in [0.25, 0.3) is 0 Å². The summed E-state index contributed by atoms with van der Waals surface area (Å²) in [6, 6.07) is -0.218. The maximum atomic E-state index is 11.8. The number of nitrogens with zero attached hydrogens (tertiary/aromatic N) is 4. The smallest absolute Gasteiger partial charge is 0.325 e. The van der Waals surface area contributed by atoms with Crippen LogP contribution >= 0.6 is 0 Å². The number of carboxylic acids is 1. The molecule has 2 amide bonds. The number of hydrogen-bond acceptors (Lipinski definition) is 5. The Bertz CT molecular complexity index is 481. The van der Waals surface area contributed by atoms with E-state index in [0.29, 0.717) is 31.6 Å². The van der Waals surface area contributed by atoms with Crippen molar-refractivity contribution in [2.24, 2.45) is 0 Å². The summed E-state index contributed by atoms with van der Waals surface area (Å²) in [7, 11) is 0. The Balaban J connectivity index is 1.78. The molecule has 0 aliphatic carbocycles. The van der Waals surface area contributed by atoms with Gasteiger partial charge in [0.15, 0.2) is 0 Å². The van der Waals surface area contributed by atoms with Crippen molar-refractivity contribution >= 4 is 12.0 Å². The summed E-state index contributed by atoms with van der Waals surface area (Å²) in [4.78, 5) is 24.0. The zero-order valence-corrected chi connectivity index (χ0v) is 10.9. The Labute approximate surface area is 115 Å². The number of carbonyl (C=O) groups excluding carboxylic acids is 1. The first kappa shape index (κ1) is 14.3. The second-order valence-electron chi connectivity index (χ2n) is 4.68. The molecule has 0 saturated carbocycles. The maximum Gasteiger partial charge on any atom is 0.325 e. The lowest BCUT2D eigenvalue weighted by atomic mass is 10.1. The summed E-state index contributed by atoms with van der Waals surface area (Å²) in [6.07, 6.45) is 2.33. The van der Waals surface area contributed by atoms with Crippen LogP contribution in [-0.2, 0) is 17.9 Å². The van der Waals surface area contributed by atoms with Gasteiger partial charge < -0.3 is 20.4 Å². The highest BCUT2D eigenvalue weighted by Gasteiger charge is 2.21. The Morgan fingerprint density at radius 1 is 1.40 bits per heavy atom. The lowest BCUT2D eigenvalue weighted by Crippen LogP contribution is -2.45. The van der Waals surface area contributed by atoms with Gasteiger partial charge in [0.2, 0.25) is 0 Å². The van der Waals surface area contributed by atoms with Gasteiger partial charge in [-0.3, -0.25) is 4.79 Å². The number of aromatic nitrogens is 3.